The van der Waals surface area contributed by atoms with Crippen LogP contribution in [-0.2, 0) is 27.4 Å². The molecule has 1 amide bonds. The second-order valence-corrected chi connectivity index (χ2v) is 6.04. The highest BCUT2D eigenvalue weighted by molar-refractivity contribution is 7.13. The maximum absolute atomic E-state index is 11.8. The molecule has 25 heavy (non-hydrogen) atoms. The molecule has 0 saturated carbocycles. The van der Waals surface area contributed by atoms with Gasteiger partial charge in [0, 0.05) is 0 Å². The molecule has 0 aliphatic carbocycles. The molecule has 0 atom stereocenters. The van der Waals surface area contributed by atoms with Gasteiger partial charge in [0.1, 0.15) is 6.54 Å². The van der Waals surface area contributed by atoms with E-state index >= 15 is 0 Å². The van der Waals surface area contributed by atoms with Crippen LogP contribution in [0.4, 0.5) is 0 Å². The molecule has 0 spiro atoms. The van der Waals surface area contributed by atoms with E-state index in [1.165, 1.54) is 11.3 Å². The van der Waals surface area contributed by atoms with Gasteiger partial charge in [0.25, 0.3) is 5.89 Å². The summed E-state index contributed by atoms with van der Waals surface area (Å²) in [6.07, 6.45) is 0.211. The van der Waals surface area contributed by atoms with Crippen molar-refractivity contribution in [3.8, 4) is 10.8 Å². The monoisotopic (exact) mass is 357 g/mol. The number of aromatic nitrogens is 2. The van der Waals surface area contributed by atoms with Crippen LogP contribution in [0.2, 0.25) is 0 Å². The Hall–Kier alpha value is -3.00. The van der Waals surface area contributed by atoms with Crippen LogP contribution < -0.4 is 5.32 Å². The number of nitrogens with zero attached hydrogens (tertiary/aromatic N) is 2. The van der Waals surface area contributed by atoms with E-state index in [1.54, 1.807) is 0 Å². The summed E-state index contributed by atoms with van der Waals surface area (Å²) in [6.45, 7) is -0.316. The standard InChI is InChI=1S/C17H15N3O4S/c21-15(9-12-5-2-1-3-6-12)18-10-16(22)23-11-14-19-17(24-20-14)13-7-4-8-25-13/h1-8H,9-11H2,(H,18,21). The van der Waals surface area contributed by atoms with Gasteiger partial charge in [-0.1, -0.05) is 41.6 Å². The molecule has 128 valence electrons. The Morgan fingerprint density at radius 2 is 2.00 bits per heavy atom. The second-order valence-electron chi connectivity index (χ2n) is 5.09. The summed E-state index contributed by atoms with van der Waals surface area (Å²) in [7, 11) is 0. The van der Waals surface area contributed by atoms with Crippen molar-refractivity contribution in [3.63, 3.8) is 0 Å². The fourth-order valence-electron chi connectivity index (χ4n) is 2.02. The fourth-order valence-corrected chi connectivity index (χ4v) is 2.67. The van der Waals surface area contributed by atoms with Crippen molar-refractivity contribution in [3.05, 3.63) is 59.2 Å². The number of ether oxygens (including phenoxy) is 1. The number of carbonyl (C=O) groups excluding carboxylic acids is 2. The first-order valence-electron chi connectivity index (χ1n) is 7.53. The van der Waals surface area contributed by atoms with Gasteiger partial charge < -0.3 is 14.6 Å². The molecular weight excluding hydrogens is 342 g/mol. The Bertz CT molecular complexity index is 831. The van der Waals surface area contributed by atoms with E-state index in [-0.39, 0.29) is 31.3 Å². The van der Waals surface area contributed by atoms with Crippen molar-refractivity contribution in [2.75, 3.05) is 6.54 Å². The van der Waals surface area contributed by atoms with E-state index < -0.39 is 5.97 Å². The molecule has 1 aromatic carbocycles. The smallest absolute Gasteiger partial charge is 0.325 e. The number of hydrogen-bond donors (Lipinski definition) is 1. The van der Waals surface area contributed by atoms with Gasteiger partial charge in [-0.2, -0.15) is 4.98 Å². The molecule has 0 radical (unpaired) electrons. The molecule has 3 aromatic rings. The molecule has 0 bridgehead atoms. The number of esters is 1. The molecule has 0 unspecified atom stereocenters. The van der Waals surface area contributed by atoms with Crippen LogP contribution in [0.5, 0.6) is 0 Å². The Morgan fingerprint density at radius 1 is 1.16 bits per heavy atom. The van der Waals surface area contributed by atoms with E-state index in [1.807, 2.05) is 47.8 Å². The highest BCUT2D eigenvalue weighted by Gasteiger charge is 2.12. The van der Waals surface area contributed by atoms with E-state index in [0.29, 0.717) is 5.89 Å². The average molecular weight is 357 g/mol. The maximum atomic E-state index is 11.8. The van der Waals surface area contributed by atoms with Crippen LogP contribution in [0.15, 0.2) is 52.4 Å². The normalized spacial score (nSPS) is 10.4. The number of thiophene rings is 1. The van der Waals surface area contributed by atoms with E-state index in [2.05, 4.69) is 15.5 Å². The summed E-state index contributed by atoms with van der Waals surface area (Å²) >= 11 is 1.47. The van der Waals surface area contributed by atoms with Crippen molar-refractivity contribution < 1.29 is 18.8 Å². The highest BCUT2D eigenvalue weighted by atomic mass is 32.1. The number of carbonyl (C=O) groups is 2. The van der Waals surface area contributed by atoms with Crippen molar-refractivity contribution >= 4 is 23.2 Å². The highest BCUT2D eigenvalue weighted by Crippen LogP contribution is 2.22. The summed E-state index contributed by atoms with van der Waals surface area (Å²) in [5, 5.41) is 8.17. The average Bonchev–Trinajstić information content (AvgIpc) is 3.30. The lowest BCUT2D eigenvalue weighted by Crippen LogP contribution is -2.31. The summed E-state index contributed by atoms with van der Waals surface area (Å²) in [5.41, 5.74) is 0.876. The predicted molar refractivity (Wildman–Crippen MR) is 90.6 cm³/mol. The topological polar surface area (TPSA) is 94.3 Å². The molecule has 2 heterocycles. The van der Waals surface area contributed by atoms with Gasteiger partial charge in [-0.05, 0) is 17.0 Å². The first-order chi connectivity index (χ1) is 12.2. The van der Waals surface area contributed by atoms with Crippen molar-refractivity contribution in [1.29, 1.82) is 0 Å². The van der Waals surface area contributed by atoms with Gasteiger partial charge in [0.05, 0.1) is 11.3 Å². The molecule has 7 nitrogen and oxygen atoms in total. The first kappa shape index (κ1) is 16.8. The zero-order valence-corrected chi connectivity index (χ0v) is 14.0. The number of hydrogen-bond acceptors (Lipinski definition) is 7. The van der Waals surface area contributed by atoms with Crippen LogP contribution in [0, 0.1) is 0 Å². The first-order valence-corrected chi connectivity index (χ1v) is 8.41. The summed E-state index contributed by atoms with van der Waals surface area (Å²) in [6, 6.07) is 13.0. The summed E-state index contributed by atoms with van der Waals surface area (Å²) < 4.78 is 10.1. The van der Waals surface area contributed by atoms with Gasteiger partial charge in [0.15, 0.2) is 6.61 Å². The van der Waals surface area contributed by atoms with E-state index in [4.69, 9.17) is 9.26 Å². The molecule has 0 aliphatic heterocycles. The summed E-state index contributed by atoms with van der Waals surface area (Å²) in [4.78, 5) is 28.4. The Morgan fingerprint density at radius 3 is 2.76 bits per heavy atom. The molecule has 0 aliphatic rings. The zero-order chi connectivity index (χ0) is 17.5. The molecule has 2 aromatic heterocycles. The lowest BCUT2D eigenvalue weighted by Gasteiger charge is -2.05. The summed E-state index contributed by atoms with van der Waals surface area (Å²) in [5.74, 6) is -0.156. The van der Waals surface area contributed by atoms with Crippen molar-refractivity contribution in [2.45, 2.75) is 13.0 Å². The Labute approximate surface area is 147 Å². The number of rotatable bonds is 7. The van der Waals surface area contributed by atoms with Crippen LogP contribution >= 0.6 is 11.3 Å². The van der Waals surface area contributed by atoms with Crippen LogP contribution in [0.25, 0.3) is 10.8 Å². The third kappa shape index (κ3) is 4.98. The second kappa shape index (κ2) is 8.20. The van der Waals surface area contributed by atoms with Gasteiger partial charge in [-0.3, -0.25) is 9.59 Å². The van der Waals surface area contributed by atoms with Crippen LogP contribution in [-0.4, -0.2) is 28.6 Å². The third-order valence-electron chi connectivity index (χ3n) is 3.20. The molecule has 0 saturated heterocycles. The minimum Gasteiger partial charge on any atom is -0.456 e. The fraction of sp³-hybridized carbons (Fsp3) is 0.176. The van der Waals surface area contributed by atoms with Crippen LogP contribution in [0.1, 0.15) is 11.4 Å². The van der Waals surface area contributed by atoms with Gasteiger partial charge >= 0.3 is 5.97 Å². The Kier molecular flexibility index (Phi) is 5.53. The lowest BCUT2D eigenvalue weighted by atomic mass is 10.1. The number of benzene rings is 1. The predicted octanol–water partition coefficient (Wildman–Crippen LogP) is 2.20. The minimum atomic E-state index is -0.566. The molecule has 8 heteroatoms. The largest absolute Gasteiger partial charge is 0.456 e. The maximum Gasteiger partial charge on any atom is 0.325 e. The van der Waals surface area contributed by atoms with E-state index in [9.17, 15) is 9.59 Å². The quantitative estimate of drug-likeness (QED) is 0.652. The van der Waals surface area contributed by atoms with Gasteiger partial charge in [-0.25, -0.2) is 0 Å². The molecule has 1 N–H and O–H groups in total. The number of amides is 1. The van der Waals surface area contributed by atoms with Crippen molar-refractivity contribution in [1.82, 2.24) is 15.5 Å². The minimum absolute atomic E-state index is 0.109. The lowest BCUT2D eigenvalue weighted by molar-refractivity contribution is -0.145. The Balaban J connectivity index is 1.40. The molecule has 3 rings (SSSR count). The van der Waals surface area contributed by atoms with Gasteiger partial charge in [-0.15, -0.1) is 11.3 Å². The SMILES string of the molecule is O=C(Cc1ccccc1)NCC(=O)OCc1noc(-c2cccs2)n1. The van der Waals surface area contributed by atoms with Crippen molar-refractivity contribution in [2.24, 2.45) is 0 Å². The van der Waals surface area contributed by atoms with Crippen LogP contribution in [0.3, 0.4) is 0 Å². The third-order valence-corrected chi connectivity index (χ3v) is 4.06. The zero-order valence-electron chi connectivity index (χ0n) is 13.2. The van der Waals surface area contributed by atoms with E-state index in [0.717, 1.165) is 10.4 Å². The molecular formula is C17H15N3O4S. The molecule has 0 fully saturated rings. The number of nitrogens with one attached hydrogen (secondary N) is 1. The van der Waals surface area contributed by atoms with Gasteiger partial charge in [0.2, 0.25) is 11.7 Å².